The van der Waals surface area contributed by atoms with Crippen LogP contribution in [0.1, 0.15) is 0 Å². The van der Waals surface area contributed by atoms with E-state index in [0.717, 1.165) is 0 Å². The van der Waals surface area contributed by atoms with Gasteiger partial charge in [0.2, 0.25) is 0 Å². The van der Waals surface area contributed by atoms with Crippen molar-refractivity contribution in [3.8, 4) is 0 Å². The van der Waals surface area contributed by atoms with Crippen molar-refractivity contribution in [2.24, 2.45) is 0 Å². The molecule has 1 aliphatic rings. The van der Waals surface area contributed by atoms with Crippen LogP contribution in [-0.4, -0.2) is 36.5 Å². The Labute approximate surface area is 79.5 Å². The van der Waals surface area contributed by atoms with Gasteiger partial charge in [-0.05, 0) is 0 Å². The van der Waals surface area contributed by atoms with Crippen LogP contribution in [0, 0.1) is 0 Å². The van der Waals surface area contributed by atoms with Gasteiger partial charge in [0, 0.05) is 19.2 Å². The SMILES string of the molecule is O=c1cc(N2CCOCC2)c(=O)[nH][nH]1. The van der Waals surface area contributed by atoms with E-state index in [1.165, 1.54) is 6.07 Å². The van der Waals surface area contributed by atoms with Gasteiger partial charge in [0.25, 0.3) is 11.1 Å². The highest BCUT2D eigenvalue weighted by molar-refractivity contribution is 5.42. The second kappa shape index (κ2) is 3.67. The van der Waals surface area contributed by atoms with Gasteiger partial charge in [0.1, 0.15) is 5.69 Å². The molecule has 1 aromatic rings. The minimum atomic E-state index is -0.300. The monoisotopic (exact) mass is 197 g/mol. The van der Waals surface area contributed by atoms with Crippen LogP contribution in [0.25, 0.3) is 0 Å². The van der Waals surface area contributed by atoms with Crippen molar-refractivity contribution in [3.05, 3.63) is 26.8 Å². The standard InChI is InChI=1S/C8H11N3O3/c12-7-5-6(8(13)10-9-7)11-1-3-14-4-2-11/h5H,1-4H2,(H,9,12)(H,10,13). The van der Waals surface area contributed by atoms with E-state index in [4.69, 9.17) is 4.74 Å². The average molecular weight is 197 g/mol. The smallest absolute Gasteiger partial charge is 0.286 e. The molecule has 0 amide bonds. The number of nitrogens with one attached hydrogen (secondary N) is 2. The van der Waals surface area contributed by atoms with Gasteiger partial charge in [-0.15, -0.1) is 0 Å². The molecule has 2 heterocycles. The molecule has 6 heteroatoms. The normalized spacial score (nSPS) is 17.0. The molecule has 14 heavy (non-hydrogen) atoms. The van der Waals surface area contributed by atoms with Crippen molar-refractivity contribution in [3.63, 3.8) is 0 Å². The highest BCUT2D eigenvalue weighted by Gasteiger charge is 2.14. The largest absolute Gasteiger partial charge is 0.378 e. The first kappa shape index (κ1) is 9.01. The molecule has 0 radical (unpaired) electrons. The minimum Gasteiger partial charge on any atom is -0.378 e. The van der Waals surface area contributed by atoms with Crippen LogP contribution in [0.15, 0.2) is 15.7 Å². The molecule has 0 aliphatic carbocycles. The van der Waals surface area contributed by atoms with Crippen molar-refractivity contribution >= 4 is 5.69 Å². The summed E-state index contributed by atoms with van der Waals surface area (Å²) in [4.78, 5) is 24.2. The molecule has 0 spiro atoms. The van der Waals surface area contributed by atoms with Crippen LogP contribution in [0.3, 0.4) is 0 Å². The van der Waals surface area contributed by atoms with E-state index in [1.54, 1.807) is 0 Å². The lowest BCUT2D eigenvalue weighted by Crippen LogP contribution is -2.40. The van der Waals surface area contributed by atoms with Gasteiger partial charge < -0.3 is 9.64 Å². The highest BCUT2D eigenvalue weighted by atomic mass is 16.5. The van der Waals surface area contributed by atoms with E-state index in [1.807, 2.05) is 4.90 Å². The summed E-state index contributed by atoms with van der Waals surface area (Å²) in [6.07, 6.45) is 0. The number of rotatable bonds is 1. The maximum Gasteiger partial charge on any atom is 0.286 e. The van der Waals surface area contributed by atoms with Crippen LogP contribution in [0.4, 0.5) is 5.69 Å². The van der Waals surface area contributed by atoms with Gasteiger partial charge in [-0.2, -0.15) is 0 Å². The van der Waals surface area contributed by atoms with Gasteiger partial charge >= 0.3 is 0 Å². The first-order valence-electron chi connectivity index (χ1n) is 4.42. The van der Waals surface area contributed by atoms with E-state index in [0.29, 0.717) is 32.0 Å². The summed E-state index contributed by atoms with van der Waals surface area (Å²) < 4.78 is 5.15. The predicted octanol–water partition coefficient (Wildman–Crippen LogP) is -1.10. The lowest BCUT2D eigenvalue weighted by Gasteiger charge is -2.27. The zero-order chi connectivity index (χ0) is 9.97. The molecular weight excluding hydrogens is 186 g/mol. The number of H-pyrrole nitrogens is 2. The first-order chi connectivity index (χ1) is 6.77. The summed E-state index contributed by atoms with van der Waals surface area (Å²) in [6.45, 7) is 2.47. The molecule has 1 aromatic heterocycles. The maximum absolute atomic E-state index is 11.4. The second-order valence-electron chi connectivity index (χ2n) is 3.07. The zero-order valence-electron chi connectivity index (χ0n) is 7.58. The Morgan fingerprint density at radius 2 is 1.93 bits per heavy atom. The van der Waals surface area contributed by atoms with Gasteiger partial charge in [-0.25, -0.2) is 0 Å². The molecule has 6 nitrogen and oxygen atoms in total. The summed E-state index contributed by atoms with van der Waals surface area (Å²) >= 11 is 0. The molecule has 76 valence electrons. The summed E-state index contributed by atoms with van der Waals surface area (Å²) in [5.41, 5.74) is -0.158. The molecule has 1 fully saturated rings. The van der Waals surface area contributed by atoms with Crippen molar-refractivity contribution in [2.75, 3.05) is 31.2 Å². The molecule has 1 aliphatic heterocycles. The van der Waals surface area contributed by atoms with Gasteiger partial charge in [0.15, 0.2) is 0 Å². The number of aromatic nitrogens is 2. The third-order valence-electron chi connectivity index (χ3n) is 2.15. The Kier molecular flexibility index (Phi) is 2.36. The third-order valence-corrected chi connectivity index (χ3v) is 2.15. The molecule has 0 unspecified atom stereocenters. The first-order valence-corrected chi connectivity index (χ1v) is 4.42. The van der Waals surface area contributed by atoms with Crippen molar-refractivity contribution in [1.82, 2.24) is 10.2 Å². The topological polar surface area (TPSA) is 78.2 Å². The number of ether oxygens (including phenoxy) is 1. The van der Waals surface area contributed by atoms with Crippen molar-refractivity contribution in [2.45, 2.75) is 0 Å². The quantitative estimate of drug-likeness (QED) is 0.599. The van der Waals surface area contributed by atoms with Crippen LogP contribution in [0.2, 0.25) is 0 Å². The molecule has 0 saturated carbocycles. The highest BCUT2D eigenvalue weighted by Crippen LogP contribution is 2.06. The Balaban J connectivity index is 2.34. The molecule has 2 N–H and O–H groups in total. The number of nitrogens with zero attached hydrogens (tertiary/aromatic N) is 1. The number of hydrogen-bond acceptors (Lipinski definition) is 4. The second-order valence-corrected chi connectivity index (χ2v) is 3.07. The number of morpholine rings is 1. The van der Waals surface area contributed by atoms with Crippen molar-refractivity contribution < 1.29 is 4.74 Å². The summed E-state index contributed by atoms with van der Waals surface area (Å²) in [5.74, 6) is 0. The van der Waals surface area contributed by atoms with Crippen LogP contribution in [-0.2, 0) is 4.74 Å². The number of hydrogen-bond donors (Lipinski definition) is 2. The minimum absolute atomic E-state index is 0.272. The lowest BCUT2D eigenvalue weighted by molar-refractivity contribution is 0.122. The fraction of sp³-hybridized carbons (Fsp3) is 0.500. The third kappa shape index (κ3) is 1.69. The average Bonchev–Trinajstić information content (AvgIpc) is 2.23. The predicted molar refractivity (Wildman–Crippen MR) is 50.7 cm³/mol. The Morgan fingerprint density at radius 1 is 1.21 bits per heavy atom. The van der Waals surface area contributed by atoms with E-state index < -0.39 is 0 Å². The number of anilines is 1. The van der Waals surface area contributed by atoms with Gasteiger partial charge in [-0.1, -0.05) is 0 Å². The molecule has 0 bridgehead atoms. The summed E-state index contributed by atoms with van der Waals surface area (Å²) in [6, 6.07) is 1.31. The Bertz CT molecular complexity index is 416. The molecule has 0 atom stereocenters. The Morgan fingerprint density at radius 3 is 2.64 bits per heavy atom. The van der Waals surface area contributed by atoms with Crippen LogP contribution < -0.4 is 16.0 Å². The molecule has 2 rings (SSSR count). The lowest BCUT2D eigenvalue weighted by atomic mass is 10.3. The van der Waals surface area contributed by atoms with E-state index >= 15 is 0 Å². The van der Waals surface area contributed by atoms with E-state index in [-0.39, 0.29) is 11.1 Å². The van der Waals surface area contributed by atoms with Crippen LogP contribution in [0.5, 0.6) is 0 Å². The number of aromatic amines is 2. The Hall–Kier alpha value is -1.56. The van der Waals surface area contributed by atoms with Gasteiger partial charge in [0.05, 0.1) is 13.2 Å². The van der Waals surface area contributed by atoms with E-state index in [2.05, 4.69) is 10.2 Å². The maximum atomic E-state index is 11.4. The molecule has 0 aromatic carbocycles. The van der Waals surface area contributed by atoms with Crippen molar-refractivity contribution in [1.29, 1.82) is 0 Å². The summed E-state index contributed by atoms with van der Waals surface area (Å²) in [5, 5.41) is 4.52. The fourth-order valence-electron chi connectivity index (χ4n) is 1.45. The van der Waals surface area contributed by atoms with Gasteiger partial charge in [-0.3, -0.25) is 19.8 Å². The zero-order valence-corrected chi connectivity index (χ0v) is 7.58. The fourth-order valence-corrected chi connectivity index (χ4v) is 1.45. The summed E-state index contributed by atoms with van der Waals surface area (Å²) in [7, 11) is 0. The molecule has 1 saturated heterocycles. The molecular formula is C8H11N3O3. The van der Waals surface area contributed by atoms with Crippen LogP contribution >= 0.6 is 0 Å². The van der Waals surface area contributed by atoms with E-state index in [9.17, 15) is 9.59 Å².